The first-order chi connectivity index (χ1) is 11.0. The Morgan fingerprint density at radius 3 is 2.78 bits per heavy atom. The van der Waals surface area contributed by atoms with Crippen LogP contribution in [-0.2, 0) is 11.3 Å². The molecule has 0 radical (unpaired) electrons. The van der Waals surface area contributed by atoms with E-state index in [9.17, 15) is 9.59 Å². The van der Waals surface area contributed by atoms with Crippen molar-refractivity contribution >= 4 is 12.0 Å². The van der Waals surface area contributed by atoms with E-state index in [1.54, 1.807) is 13.2 Å². The molecule has 1 aliphatic heterocycles. The largest absolute Gasteiger partial charge is 0.493 e. The van der Waals surface area contributed by atoms with E-state index >= 15 is 0 Å². The topological polar surface area (TPSA) is 88.1 Å². The molecule has 1 fully saturated rings. The molecule has 2 amide bonds. The lowest BCUT2D eigenvalue weighted by Gasteiger charge is -2.17. The second-order valence-electron chi connectivity index (χ2n) is 5.35. The molecule has 1 aromatic carbocycles. The van der Waals surface area contributed by atoms with Crippen LogP contribution in [0.4, 0.5) is 4.79 Å². The first kappa shape index (κ1) is 16.9. The maximum atomic E-state index is 12.1. The number of rotatable bonds is 6. The van der Waals surface area contributed by atoms with Crippen LogP contribution in [0, 0.1) is 5.92 Å². The van der Waals surface area contributed by atoms with Crippen molar-refractivity contribution in [2.75, 3.05) is 26.8 Å². The first-order valence-electron chi connectivity index (χ1n) is 7.60. The monoisotopic (exact) mass is 322 g/mol. The molecule has 2 N–H and O–H groups in total. The van der Waals surface area contributed by atoms with Crippen molar-refractivity contribution < 1.29 is 24.2 Å². The molecule has 0 spiro atoms. The third kappa shape index (κ3) is 4.28. The van der Waals surface area contributed by atoms with E-state index in [0.717, 1.165) is 5.56 Å². The minimum Gasteiger partial charge on any atom is -0.493 e. The van der Waals surface area contributed by atoms with Gasteiger partial charge in [0.1, 0.15) is 0 Å². The fourth-order valence-corrected chi connectivity index (χ4v) is 2.54. The van der Waals surface area contributed by atoms with E-state index in [-0.39, 0.29) is 12.6 Å². The van der Waals surface area contributed by atoms with Crippen LogP contribution >= 0.6 is 0 Å². The van der Waals surface area contributed by atoms with Crippen LogP contribution in [0.3, 0.4) is 0 Å². The van der Waals surface area contributed by atoms with E-state index < -0.39 is 11.9 Å². The van der Waals surface area contributed by atoms with Gasteiger partial charge < -0.3 is 24.8 Å². The average Bonchev–Trinajstić information content (AvgIpc) is 3.03. The van der Waals surface area contributed by atoms with Gasteiger partial charge in [0, 0.05) is 19.6 Å². The van der Waals surface area contributed by atoms with Gasteiger partial charge in [-0.25, -0.2) is 4.79 Å². The number of carbonyl (C=O) groups is 2. The number of likely N-dealkylation sites (tertiary alicyclic amines) is 1. The zero-order valence-corrected chi connectivity index (χ0v) is 13.4. The fourth-order valence-electron chi connectivity index (χ4n) is 2.54. The van der Waals surface area contributed by atoms with Crippen LogP contribution in [0.2, 0.25) is 0 Å². The molecule has 0 aliphatic carbocycles. The van der Waals surface area contributed by atoms with Crippen molar-refractivity contribution in [1.29, 1.82) is 0 Å². The number of nitrogens with one attached hydrogen (secondary N) is 1. The molecule has 2 rings (SSSR count). The van der Waals surface area contributed by atoms with Gasteiger partial charge in [-0.15, -0.1) is 0 Å². The summed E-state index contributed by atoms with van der Waals surface area (Å²) in [7, 11) is 1.57. The number of urea groups is 1. The molecule has 1 heterocycles. The molecule has 126 valence electrons. The van der Waals surface area contributed by atoms with Gasteiger partial charge in [0.2, 0.25) is 0 Å². The van der Waals surface area contributed by atoms with Crippen LogP contribution < -0.4 is 14.8 Å². The van der Waals surface area contributed by atoms with Crippen molar-refractivity contribution in [2.24, 2.45) is 5.92 Å². The molecule has 1 aromatic rings. The Morgan fingerprint density at radius 1 is 1.39 bits per heavy atom. The number of amides is 2. The molecule has 0 aromatic heterocycles. The molecular formula is C16H22N2O5. The fraction of sp³-hybridized carbons (Fsp3) is 0.500. The number of hydrogen-bond acceptors (Lipinski definition) is 4. The summed E-state index contributed by atoms with van der Waals surface area (Å²) >= 11 is 0. The number of carboxylic acids is 1. The van der Waals surface area contributed by atoms with Crippen LogP contribution in [0.5, 0.6) is 11.5 Å². The Bertz CT molecular complexity index is 576. The quantitative estimate of drug-likeness (QED) is 0.832. The molecular weight excluding hydrogens is 300 g/mol. The Balaban J connectivity index is 1.91. The lowest BCUT2D eigenvalue weighted by Crippen LogP contribution is -2.38. The predicted molar refractivity (Wildman–Crippen MR) is 83.7 cm³/mol. The van der Waals surface area contributed by atoms with Gasteiger partial charge in [0.15, 0.2) is 11.5 Å². The maximum absolute atomic E-state index is 12.1. The highest BCUT2D eigenvalue weighted by molar-refractivity contribution is 5.77. The summed E-state index contributed by atoms with van der Waals surface area (Å²) in [4.78, 5) is 24.5. The highest BCUT2D eigenvalue weighted by Crippen LogP contribution is 2.28. The molecule has 1 saturated heterocycles. The summed E-state index contributed by atoms with van der Waals surface area (Å²) in [6, 6.07) is 5.23. The molecule has 0 bridgehead atoms. The maximum Gasteiger partial charge on any atom is 0.317 e. The van der Waals surface area contributed by atoms with Crippen molar-refractivity contribution in [3.63, 3.8) is 0 Å². The number of nitrogens with zero attached hydrogens (tertiary/aromatic N) is 1. The van der Waals surface area contributed by atoms with Gasteiger partial charge in [-0.1, -0.05) is 6.07 Å². The lowest BCUT2D eigenvalue weighted by molar-refractivity contribution is -0.141. The number of methoxy groups -OCH3 is 1. The van der Waals surface area contributed by atoms with Crippen LogP contribution in [0.15, 0.2) is 18.2 Å². The highest BCUT2D eigenvalue weighted by atomic mass is 16.5. The third-order valence-corrected chi connectivity index (χ3v) is 3.80. The van der Waals surface area contributed by atoms with E-state index in [1.165, 1.54) is 4.90 Å². The van der Waals surface area contributed by atoms with Gasteiger partial charge in [-0.2, -0.15) is 0 Å². The molecule has 1 aliphatic rings. The lowest BCUT2D eigenvalue weighted by atomic mass is 10.1. The molecule has 23 heavy (non-hydrogen) atoms. The molecule has 1 unspecified atom stereocenters. The Morgan fingerprint density at radius 2 is 2.17 bits per heavy atom. The average molecular weight is 322 g/mol. The summed E-state index contributed by atoms with van der Waals surface area (Å²) < 4.78 is 10.7. The van der Waals surface area contributed by atoms with Gasteiger partial charge in [0.05, 0.1) is 19.6 Å². The summed E-state index contributed by atoms with van der Waals surface area (Å²) in [5.41, 5.74) is 0.886. The minimum atomic E-state index is -0.850. The number of benzene rings is 1. The number of carbonyl (C=O) groups excluding carboxylic acids is 1. The molecule has 0 saturated carbocycles. The van der Waals surface area contributed by atoms with Gasteiger partial charge >= 0.3 is 12.0 Å². The normalized spacial score (nSPS) is 17.0. The minimum absolute atomic E-state index is 0.248. The van der Waals surface area contributed by atoms with Crippen molar-refractivity contribution in [1.82, 2.24) is 10.2 Å². The van der Waals surface area contributed by atoms with Gasteiger partial charge in [-0.3, -0.25) is 4.79 Å². The zero-order chi connectivity index (χ0) is 16.8. The van der Waals surface area contributed by atoms with Crippen molar-refractivity contribution in [3.05, 3.63) is 23.8 Å². The second kappa shape index (κ2) is 7.71. The van der Waals surface area contributed by atoms with E-state index in [1.807, 2.05) is 19.1 Å². The Labute approximate surface area is 135 Å². The van der Waals surface area contributed by atoms with Gasteiger partial charge in [-0.05, 0) is 31.0 Å². The molecule has 7 heteroatoms. The number of hydrogen-bond donors (Lipinski definition) is 2. The summed E-state index contributed by atoms with van der Waals surface area (Å²) in [5, 5.41) is 11.8. The standard InChI is InChI=1S/C16H22N2O5/c1-3-23-14-8-11(4-5-13(14)22-2)9-17-16(21)18-7-6-12(10-18)15(19)20/h4-5,8,12H,3,6-7,9-10H2,1-2H3,(H,17,21)(H,19,20). The Hall–Kier alpha value is -2.44. The number of carboxylic acid groups (broad SMARTS) is 1. The predicted octanol–water partition coefficient (Wildman–Crippen LogP) is 1.71. The first-order valence-corrected chi connectivity index (χ1v) is 7.60. The second-order valence-corrected chi connectivity index (χ2v) is 5.35. The van der Waals surface area contributed by atoms with Crippen LogP contribution in [-0.4, -0.2) is 48.8 Å². The van der Waals surface area contributed by atoms with Crippen molar-refractivity contribution in [3.8, 4) is 11.5 Å². The summed E-state index contributed by atoms with van der Waals surface area (Å²) in [5.74, 6) is -0.0391. The zero-order valence-electron chi connectivity index (χ0n) is 13.4. The van der Waals surface area contributed by atoms with Crippen LogP contribution in [0.1, 0.15) is 18.9 Å². The number of ether oxygens (including phenoxy) is 2. The SMILES string of the molecule is CCOc1cc(CNC(=O)N2CCC(C(=O)O)C2)ccc1OC. The Kier molecular flexibility index (Phi) is 5.67. The summed E-state index contributed by atoms with van der Waals surface area (Å²) in [6.07, 6.45) is 0.500. The van der Waals surface area contributed by atoms with E-state index in [4.69, 9.17) is 14.6 Å². The smallest absolute Gasteiger partial charge is 0.317 e. The van der Waals surface area contributed by atoms with Gasteiger partial charge in [0.25, 0.3) is 0 Å². The van der Waals surface area contributed by atoms with Crippen molar-refractivity contribution in [2.45, 2.75) is 19.9 Å². The van der Waals surface area contributed by atoms with E-state index in [0.29, 0.717) is 37.6 Å². The summed E-state index contributed by atoms with van der Waals surface area (Å²) in [6.45, 7) is 3.48. The molecule has 7 nitrogen and oxygen atoms in total. The highest BCUT2D eigenvalue weighted by Gasteiger charge is 2.30. The third-order valence-electron chi connectivity index (χ3n) is 3.80. The molecule has 1 atom stereocenters. The number of aliphatic carboxylic acids is 1. The van der Waals surface area contributed by atoms with Crippen LogP contribution in [0.25, 0.3) is 0 Å². The van der Waals surface area contributed by atoms with E-state index in [2.05, 4.69) is 5.32 Å².